The fourth-order valence-corrected chi connectivity index (χ4v) is 3.40. The van der Waals surface area contributed by atoms with Crippen LogP contribution >= 0.6 is 0 Å². The van der Waals surface area contributed by atoms with E-state index in [2.05, 4.69) is 4.98 Å². The summed E-state index contributed by atoms with van der Waals surface area (Å²) in [7, 11) is 0. The number of fused-ring (bicyclic) bond motifs is 1. The summed E-state index contributed by atoms with van der Waals surface area (Å²) in [5.74, 6) is -1.17. The first-order chi connectivity index (χ1) is 12.4. The molecule has 0 atom stereocenters. The topological polar surface area (TPSA) is 109 Å². The number of hydrogen-bond acceptors (Lipinski definition) is 5. The molecule has 0 aliphatic heterocycles. The van der Waals surface area contributed by atoms with E-state index in [9.17, 15) is 24.3 Å². The van der Waals surface area contributed by atoms with E-state index < -0.39 is 17.0 Å². The van der Waals surface area contributed by atoms with Crippen molar-refractivity contribution in [2.75, 3.05) is 0 Å². The largest absolute Gasteiger partial charge is 0.506 e. The minimum atomic E-state index is -0.489. The van der Waals surface area contributed by atoms with Gasteiger partial charge in [0.2, 0.25) is 0 Å². The Kier molecular flexibility index (Phi) is 4.63. The van der Waals surface area contributed by atoms with Crippen LogP contribution in [0.15, 0.2) is 27.3 Å². The number of hydrogen-bond donors (Lipinski definition) is 2. The van der Waals surface area contributed by atoms with E-state index in [4.69, 9.17) is 0 Å². The van der Waals surface area contributed by atoms with Crippen LogP contribution in [0.4, 0.5) is 0 Å². The third-order valence-electron chi connectivity index (χ3n) is 4.72. The van der Waals surface area contributed by atoms with Crippen LogP contribution in [-0.4, -0.2) is 26.2 Å². The lowest BCUT2D eigenvalue weighted by molar-refractivity contribution is -0.123. The molecule has 1 aliphatic carbocycles. The van der Waals surface area contributed by atoms with Gasteiger partial charge >= 0.3 is 5.69 Å². The summed E-state index contributed by atoms with van der Waals surface area (Å²) in [6.45, 7) is 3.76. The molecule has 0 saturated heterocycles. The van der Waals surface area contributed by atoms with Crippen molar-refractivity contribution in [3.05, 3.63) is 49.7 Å². The van der Waals surface area contributed by atoms with Gasteiger partial charge in [-0.05, 0) is 37.5 Å². The van der Waals surface area contributed by atoms with Gasteiger partial charge in [0.1, 0.15) is 11.3 Å². The number of aromatic nitrogens is 2. The number of allylic oxidation sites excluding steroid dienone is 1. The summed E-state index contributed by atoms with van der Waals surface area (Å²) >= 11 is 0. The highest BCUT2D eigenvalue weighted by Crippen LogP contribution is 2.28. The molecule has 26 heavy (non-hydrogen) atoms. The Balaban J connectivity index is 2.31. The first-order valence-corrected chi connectivity index (χ1v) is 8.63. The van der Waals surface area contributed by atoms with Gasteiger partial charge in [0.15, 0.2) is 11.6 Å². The highest BCUT2D eigenvalue weighted by atomic mass is 16.3. The van der Waals surface area contributed by atoms with E-state index >= 15 is 0 Å². The smallest absolute Gasteiger partial charge is 0.328 e. The zero-order valence-electron chi connectivity index (χ0n) is 14.7. The number of nitrogens with zero attached hydrogens (tertiary/aromatic N) is 1. The molecule has 2 N–H and O–H groups in total. The quantitative estimate of drug-likeness (QED) is 0.497. The molecule has 7 nitrogen and oxygen atoms in total. The number of benzene rings is 1. The van der Waals surface area contributed by atoms with E-state index in [1.807, 2.05) is 6.92 Å². The average molecular weight is 356 g/mol. The van der Waals surface area contributed by atoms with Gasteiger partial charge in [-0.1, -0.05) is 6.92 Å². The molecule has 1 aromatic carbocycles. The molecular formula is C19H20N2O5. The maximum atomic E-state index is 12.8. The first kappa shape index (κ1) is 17.8. The van der Waals surface area contributed by atoms with Crippen LogP contribution in [0.2, 0.25) is 0 Å². The molecule has 1 aliphatic rings. The number of carbonyl (C=O) groups is 2. The average Bonchev–Trinajstić information content (AvgIpc) is 2.58. The van der Waals surface area contributed by atoms with Crippen LogP contribution in [0.1, 0.15) is 43.7 Å². The minimum absolute atomic E-state index is 0.197. The maximum Gasteiger partial charge on any atom is 0.328 e. The summed E-state index contributed by atoms with van der Waals surface area (Å²) < 4.78 is 1.11. The molecule has 2 aromatic rings. The molecule has 0 bridgehead atoms. The van der Waals surface area contributed by atoms with E-state index in [-0.39, 0.29) is 47.5 Å². The lowest BCUT2D eigenvalue weighted by Gasteiger charge is -2.16. The third kappa shape index (κ3) is 2.79. The van der Waals surface area contributed by atoms with Crippen LogP contribution < -0.4 is 11.2 Å². The Morgan fingerprint density at radius 3 is 2.42 bits per heavy atom. The van der Waals surface area contributed by atoms with E-state index in [0.29, 0.717) is 23.9 Å². The SMILES string of the molecule is CCCn1c(=O)[nH]c2ccc(C(O)=C3C(=O)CCCC3=O)c(C)c2c1=O. The van der Waals surface area contributed by atoms with Crippen LogP contribution in [0, 0.1) is 6.92 Å². The maximum absolute atomic E-state index is 12.8. The molecule has 1 aromatic heterocycles. The zero-order valence-corrected chi connectivity index (χ0v) is 14.7. The summed E-state index contributed by atoms with van der Waals surface area (Å²) in [6, 6.07) is 3.01. The predicted molar refractivity (Wildman–Crippen MR) is 97.3 cm³/mol. The lowest BCUT2D eigenvalue weighted by atomic mass is 9.88. The molecule has 0 spiro atoms. The number of aliphatic hydroxyl groups is 1. The second-order valence-corrected chi connectivity index (χ2v) is 6.47. The van der Waals surface area contributed by atoms with Gasteiger partial charge in [-0.3, -0.25) is 19.0 Å². The molecule has 0 unspecified atom stereocenters. The van der Waals surface area contributed by atoms with Gasteiger partial charge in [-0.15, -0.1) is 0 Å². The first-order valence-electron chi connectivity index (χ1n) is 8.63. The number of aliphatic hydroxyl groups excluding tert-OH is 1. The number of Topliss-reactive ketones (excluding diaryl/α,β-unsaturated/α-hetero) is 2. The standard InChI is InChI=1S/C19H20N2O5/c1-3-9-21-18(25)15-10(2)11(7-8-12(15)20-19(21)26)17(24)16-13(22)5-4-6-14(16)23/h7-8,24H,3-6,9H2,1-2H3,(H,20,26). The van der Waals surface area contributed by atoms with Gasteiger partial charge in [0.05, 0.1) is 10.9 Å². The van der Waals surface area contributed by atoms with Crippen LogP contribution in [-0.2, 0) is 16.1 Å². The number of carbonyl (C=O) groups excluding carboxylic acids is 2. The molecule has 3 rings (SSSR count). The Labute approximate surface area is 149 Å². The second-order valence-electron chi connectivity index (χ2n) is 6.47. The van der Waals surface area contributed by atoms with Crippen LogP contribution in [0.3, 0.4) is 0 Å². The third-order valence-corrected chi connectivity index (χ3v) is 4.72. The Morgan fingerprint density at radius 2 is 1.81 bits per heavy atom. The van der Waals surface area contributed by atoms with Crippen molar-refractivity contribution in [2.24, 2.45) is 0 Å². The predicted octanol–water partition coefficient (Wildman–Crippen LogP) is 2.00. The monoisotopic (exact) mass is 356 g/mol. The normalized spacial score (nSPS) is 14.9. The van der Waals surface area contributed by atoms with Crippen molar-refractivity contribution in [2.45, 2.75) is 46.1 Å². The van der Waals surface area contributed by atoms with Crippen molar-refractivity contribution >= 4 is 28.2 Å². The highest BCUT2D eigenvalue weighted by molar-refractivity contribution is 6.25. The van der Waals surface area contributed by atoms with Crippen LogP contribution in [0.5, 0.6) is 0 Å². The zero-order chi connectivity index (χ0) is 19.0. The number of ketones is 2. The minimum Gasteiger partial charge on any atom is -0.506 e. The molecular weight excluding hydrogens is 336 g/mol. The summed E-state index contributed by atoms with van der Waals surface area (Å²) in [5, 5.41) is 10.9. The van der Waals surface area contributed by atoms with E-state index in [1.165, 1.54) is 12.1 Å². The van der Waals surface area contributed by atoms with Gasteiger partial charge in [-0.2, -0.15) is 0 Å². The van der Waals surface area contributed by atoms with Crippen molar-refractivity contribution < 1.29 is 14.7 Å². The number of nitrogens with one attached hydrogen (secondary N) is 1. The molecule has 1 fully saturated rings. The van der Waals surface area contributed by atoms with Crippen LogP contribution in [0.25, 0.3) is 16.7 Å². The Bertz CT molecular complexity index is 1050. The molecule has 0 amide bonds. The van der Waals surface area contributed by atoms with Crippen molar-refractivity contribution in [1.82, 2.24) is 9.55 Å². The van der Waals surface area contributed by atoms with Crippen molar-refractivity contribution in [3.63, 3.8) is 0 Å². The molecule has 1 saturated carbocycles. The van der Waals surface area contributed by atoms with E-state index in [0.717, 1.165) is 4.57 Å². The lowest BCUT2D eigenvalue weighted by Crippen LogP contribution is -2.35. The fraction of sp³-hybridized carbons (Fsp3) is 0.368. The summed E-state index contributed by atoms with van der Waals surface area (Å²) in [6.07, 6.45) is 1.53. The Morgan fingerprint density at radius 1 is 1.15 bits per heavy atom. The van der Waals surface area contributed by atoms with Gasteiger partial charge in [0, 0.05) is 24.9 Å². The molecule has 136 valence electrons. The number of rotatable bonds is 3. The van der Waals surface area contributed by atoms with Crippen molar-refractivity contribution in [3.8, 4) is 0 Å². The summed E-state index contributed by atoms with van der Waals surface area (Å²) in [4.78, 5) is 51.7. The molecule has 1 heterocycles. The highest BCUT2D eigenvalue weighted by Gasteiger charge is 2.28. The number of aromatic amines is 1. The van der Waals surface area contributed by atoms with Gasteiger partial charge in [-0.25, -0.2) is 4.79 Å². The van der Waals surface area contributed by atoms with Gasteiger partial charge in [0.25, 0.3) is 5.56 Å². The fourth-order valence-electron chi connectivity index (χ4n) is 3.40. The molecule has 0 radical (unpaired) electrons. The van der Waals surface area contributed by atoms with E-state index in [1.54, 1.807) is 6.92 Å². The number of aryl methyl sites for hydroxylation is 1. The van der Waals surface area contributed by atoms with Crippen molar-refractivity contribution in [1.29, 1.82) is 0 Å². The Hall–Kier alpha value is -2.96. The summed E-state index contributed by atoms with van der Waals surface area (Å²) in [5.41, 5.74) is -0.112. The second kappa shape index (κ2) is 6.74. The molecule has 7 heteroatoms. The van der Waals surface area contributed by atoms with Gasteiger partial charge < -0.3 is 10.1 Å². The number of H-pyrrole nitrogens is 1.